The van der Waals surface area contributed by atoms with E-state index in [0.717, 1.165) is 25.0 Å². The van der Waals surface area contributed by atoms with Crippen molar-refractivity contribution in [1.82, 2.24) is 5.32 Å². The zero-order valence-electron chi connectivity index (χ0n) is 12.9. The maximum Gasteiger partial charge on any atom is 0.227 e. The van der Waals surface area contributed by atoms with Gasteiger partial charge in [0.1, 0.15) is 0 Å². The summed E-state index contributed by atoms with van der Waals surface area (Å²) >= 11 is 0. The molecule has 1 saturated heterocycles. The molecule has 116 valence electrons. The lowest BCUT2D eigenvalue weighted by Crippen LogP contribution is -2.39. The Bertz CT molecular complexity index is 429. The third kappa shape index (κ3) is 4.83. The number of nitrogens with one attached hydrogen (secondary N) is 1. The fourth-order valence-electron chi connectivity index (χ4n) is 2.57. The Morgan fingerprint density at radius 3 is 2.81 bits per heavy atom. The van der Waals surface area contributed by atoms with Crippen molar-refractivity contribution in [2.45, 2.75) is 44.8 Å². The highest BCUT2D eigenvalue weighted by Gasteiger charge is 2.21. The number of carbonyl (C=O) groups is 1. The second kappa shape index (κ2) is 8.15. The molecular weight excluding hydrogens is 266 g/mol. The predicted molar refractivity (Wildman–Crippen MR) is 82.3 cm³/mol. The van der Waals surface area contributed by atoms with E-state index >= 15 is 0 Å². The smallest absolute Gasteiger partial charge is 0.227 e. The van der Waals surface area contributed by atoms with E-state index in [1.807, 2.05) is 44.2 Å². The van der Waals surface area contributed by atoms with Crippen molar-refractivity contribution in [3.8, 4) is 0 Å². The summed E-state index contributed by atoms with van der Waals surface area (Å²) in [6.45, 7) is 5.99. The molecule has 1 amide bonds. The van der Waals surface area contributed by atoms with E-state index in [-0.39, 0.29) is 24.0 Å². The normalized spacial score (nSPS) is 21.0. The Morgan fingerprint density at radius 1 is 1.43 bits per heavy atom. The summed E-state index contributed by atoms with van der Waals surface area (Å²) in [7, 11) is 0. The van der Waals surface area contributed by atoms with Crippen molar-refractivity contribution in [3.63, 3.8) is 0 Å². The Kier molecular flexibility index (Phi) is 6.21. The van der Waals surface area contributed by atoms with Crippen LogP contribution in [0, 0.1) is 0 Å². The topological polar surface area (TPSA) is 47.6 Å². The molecule has 0 spiro atoms. The monoisotopic (exact) mass is 291 g/mol. The largest absolute Gasteiger partial charge is 0.379 e. The summed E-state index contributed by atoms with van der Waals surface area (Å²) in [5.41, 5.74) is 1.06. The van der Waals surface area contributed by atoms with Gasteiger partial charge in [-0.2, -0.15) is 0 Å². The lowest BCUT2D eigenvalue weighted by molar-refractivity contribution is -0.123. The van der Waals surface area contributed by atoms with E-state index in [9.17, 15) is 4.79 Å². The number of hydrogen-bond donors (Lipinski definition) is 1. The molecular formula is C17H25NO3. The molecule has 3 atom stereocenters. The number of carbonyl (C=O) groups excluding carboxylic acids is 1. The van der Waals surface area contributed by atoms with Gasteiger partial charge < -0.3 is 14.8 Å². The molecule has 1 fully saturated rings. The molecule has 0 radical (unpaired) electrons. The molecule has 1 aromatic rings. The minimum absolute atomic E-state index is 0.0101. The highest BCUT2D eigenvalue weighted by atomic mass is 16.5. The van der Waals surface area contributed by atoms with Crippen molar-refractivity contribution in [2.24, 2.45) is 0 Å². The van der Waals surface area contributed by atoms with Crippen LogP contribution in [-0.2, 0) is 14.3 Å². The number of hydrogen-bond acceptors (Lipinski definition) is 3. The predicted octanol–water partition coefficient (Wildman–Crippen LogP) is 2.49. The highest BCUT2D eigenvalue weighted by molar-refractivity contribution is 5.83. The molecule has 0 saturated carbocycles. The summed E-state index contributed by atoms with van der Waals surface area (Å²) in [4.78, 5) is 12.4. The summed E-state index contributed by atoms with van der Waals surface area (Å²) < 4.78 is 11.0. The number of ether oxygens (including phenoxy) is 2. The van der Waals surface area contributed by atoms with Gasteiger partial charge >= 0.3 is 0 Å². The van der Waals surface area contributed by atoms with Crippen LogP contribution in [0.2, 0.25) is 0 Å². The highest BCUT2D eigenvalue weighted by Crippen LogP contribution is 2.19. The van der Waals surface area contributed by atoms with Crippen LogP contribution in [0.15, 0.2) is 30.3 Å². The molecule has 0 aliphatic carbocycles. The average molecular weight is 291 g/mol. The van der Waals surface area contributed by atoms with Crippen LogP contribution >= 0.6 is 0 Å². The van der Waals surface area contributed by atoms with E-state index in [2.05, 4.69) is 5.32 Å². The van der Waals surface area contributed by atoms with Gasteiger partial charge in [0.15, 0.2) is 0 Å². The summed E-state index contributed by atoms with van der Waals surface area (Å²) in [6, 6.07) is 9.93. The fourth-order valence-corrected chi connectivity index (χ4v) is 2.57. The summed E-state index contributed by atoms with van der Waals surface area (Å²) in [5.74, 6) is -0.0223. The van der Waals surface area contributed by atoms with Crippen LogP contribution in [0.3, 0.4) is 0 Å². The van der Waals surface area contributed by atoms with Crippen LogP contribution in [0.25, 0.3) is 0 Å². The molecule has 1 aromatic carbocycles. The van der Waals surface area contributed by atoms with Crippen LogP contribution in [0.4, 0.5) is 0 Å². The summed E-state index contributed by atoms with van der Waals surface area (Å²) in [6.07, 6.45) is 1.92. The molecule has 0 aromatic heterocycles. The molecule has 4 heteroatoms. The Morgan fingerprint density at radius 2 is 2.19 bits per heavy atom. The number of benzene rings is 1. The minimum atomic E-state index is -0.0940. The molecule has 0 unspecified atom stereocenters. The zero-order chi connectivity index (χ0) is 15.1. The van der Waals surface area contributed by atoms with E-state index in [1.54, 1.807) is 0 Å². The van der Waals surface area contributed by atoms with Gasteiger partial charge in [0.05, 0.1) is 25.2 Å². The standard InChI is InChI=1S/C17H25NO3/c1-3-16(14-7-5-4-6-8-14)17(19)18-13(2)11-21-15-9-10-20-12-15/h4-8,13,15-16H,3,9-12H2,1-2H3,(H,18,19)/t13-,15-,16+/m1/s1. The molecule has 4 nitrogen and oxygen atoms in total. The van der Waals surface area contributed by atoms with E-state index in [4.69, 9.17) is 9.47 Å². The van der Waals surface area contributed by atoms with Crippen LogP contribution in [-0.4, -0.2) is 37.9 Å². The molecule has 2 rings (SSSR count). The first-order chi connectivity index (χ1) is 10.2. The van der Waals surface area contributed by atoms with E-state index < -0.39 is 0 Å². The third-order valence-electron chi connectivity index (χ3n) is 3.79. The molecule has 1 N–H and O–H groups in total. The Hall–Kier alpha value is -1.39. The van der Waals surface area contributed by atoms with Crippen molar-refractivity contribution >= 4 is 5.91 Å². The molecule has 1 aliphatic heterocycles. The first-order valence-electron chi connectivity index (χ1n) is 7.75. The maximum absolute atomic E-state index is 12.4. The van der Waals surface area contributed by atoms with Gasteiger partial charge in [-0.15, -0.1) is 0 Å². The van der Waals surface area contributed by atoms with Crippen LogP contribution in [0.1, 0.15) is 38.2 Å². The second-order valence-electron chi connectivity index (χ2n) is 5.60. The average Bonchev–Trinajstić information content (AvgIpc) is 3.00. The Labute approximate surface area is 126 Å². The van der Waals surface area contributed by atoms with Gasteiger partial charge in [-0.1, -0.05) is 37.3 Å². The first-order valence-corrected chi connectivity index (χ1v) is 7.75. The second-order valence-corrected chi connectivity index (χ2v) is 5.60. The van der Waals surface area contributed by atoms with Crippen LogP contribution < -0.4 is 5.32 Å². The van der Waals surface area contributed by atoms with Gasteiger partial charge in [0.2, 0.25) is 5.91 Å². The van der Waals surface area contributed by atoms with E-state index in [1.165, 1.54) is 0 Å². The number of rotatable bonds is 7. The quantitative estimate of drug-likeness (QED) is 0.839. The third-order valence-corrected chi connectivity index (χ3v) is 3.79. The molecule has 0 bridgehead atoms. The van der Waals surface area contributed by atoms with Crippen molar-refractivity contribution in [1.29, 1.82) is 0 Å². The zero-order valence-corrected chi connectivity index (χ0v) is 12.9. The molecule has 1 heterocycles. The number of amides is 1. The molecule has 21 heavy (non-hydrogen) atoms. The first kappa shape index (κ1) is 16.0. The maximum atomic E-state index is 12.4. The van der Waals surface area contributed by atoms with Gasteiger partial charge in [-0.25, -0.2) is 0 Å². The molecule has 1 aliphatic rings. The van der Waals surface area contributed by atoms with Gasteiger partial charge in [-0.3, -0.25) is 4.79 Å². The summed E-state index contributed by atoms with van der Waals surface area (Å²) in [5, 5.41) is 3.05. The van der Waals surface area contributed by atoms with Crippen LogP contribution in [0.5, 0.6) is 0 Å². The van der Waals surface area contributed by atoms with Gasteiger partial charge in [0, 0.05) is 12.6 Å². The van der Waals surface area contributed by atoms with Crippen molar-refractivity contribution in [2.75, 3.05) is 19.8 Å². The van der Waals surface area contributed by atoms with Gasteiger partial charge in [-0.05, 0) is 25.3 Å². The minimum Gasteiger partial charge on any atom is -0.379 e. The van der Waals surface area contributed by atoms with E-state index in [0.29, 0.717) is 13.2 Å². The van der Waals surface area contributed by atoms with Gasteiger partial charge in [0.25, 0.3) is 0 Å². The lowest BCUT2D eigenvalue weighted by atomic mass is 9.95. The fraction of sp³-hybridized carbons (Fsp3) is 0.588. The van der Waals surface area contributed by atoms with Crippen molar-refractivity contribution < 1.29 is 14.3 Å². The Balaban J connectivity index is 1.81. The van der Waals surface area contributed by atoms with Crippen molar-refractivity contribution in [3.05, 3.63) is 35.9 Å². The SMILES string of the molecule is CC[C@H](C(=O)N[C@H](C)CO[C@@H]1CCOC1)c1ccccc1. The lowest BCUT2D eigenvalue weighted by Gasteiger charge is -2.21.